The molecule has 2 rings (SSSR count). The highest BCUT2D eigenvalue weighted by molar-refractivity contribution is 7.09. The number of halogens is 1. The van der Waals surface area contributed by atoms with Gasteiger partial charge >= 0.3 is 0 Å². The van der Waals surface area contributed by atoms with Crippen LogP contribution in [0.5, 0.6) is 0 Å². The van der Waals surface area contributed by atoms with E-state index in [1.165, 1.54) is 17.0 Å². The minimum Gasteiger partial charge on any atom is -0.389 e. The van der Waals surface area contributed by atoms with Gasteiger partial charge in [-0.1, -0.05) is 32.0 Å². The normalized spacial score (nSPS) is 12.9. The molecule has 0 saturated carbocycles. The number of aliphatic hydroxyl groups is 1. The van der Waals surface area contributed by atoms with Gasteiger partial charge in [0, 0.05) is 31.1 Å². The molecular formula is C19H26FNO2S. The summed E-state index contributed by atoms with van der Waals surface area (Å²) in [5, 5.41) is 12.3. The van der Waals surface area contributed by atoms with Crippen LogP contribution in [0.1, 0.15) is 24.3 Å². The number of rotatable bonds is 10. The fraction of sp³-hybridized carbons (Fsp3) is 0.474. The first-order chi connectivity index (χ1) is 11.5. The SMILES string of the molecule is CC(C)COCC(O)CN(Cc1ccc(F)cc1)Cc1cccs1. The van der Waals surface area contributed by atoms with Crippen molar-refractivity contribution in [1.29, 1.82) is 0 Å². The van der Waals surface area contributed by atoms with Gasteiger partial charge in [-0.2, -0.15) is 0 Å². The van der Waals surface area contributed by atoms with Crippen LogP contribution in [-0.2, 0) is 17.8 Å². The highest BCUT2D eigenvalue weighted by Crippen LogP contribution is 2.15. The van der Waals surface area contributed by atoms with Gasteiger partial charge in [0.25, 0.3) is 0 Å². The zero-order valence-electron chi connectivity index (χ0n) is 14.3. The summed E-state index contributed by atoms with van der Waals surface area (Å²) in [6.45, 7) is 7.11. The summed E-state index contributed by atoms with van der Waals surface area (Å²) in [6.07, 6.45) is -0.538. The summed E-state index contributed by atoms with van der Waals surface area (Å²) in [4.78, 5) is 3.41. The monoisotopic (exact) mass is 351 g/mol. The van der Waals surface area contributed by atoms with Crippen molar-refractivity contribution in [2.75, 3.05) is 19.8 Å². The van der Waals surface area contributed by atoms with Crippen molar-refractivity contribution in [3.63, 3.8) is 0 Å². The zero-order chi connectivity index (χ0) is 17.4. The fourth-order valence-corrected chi connectivity index (χ4v) is 3.19. The smallest absolute Gasteiger partial charge is 0.123 e. The zero-order valence-corrected chi connectivity index (χ0v) is 15.1. The van der Waals surface area contributed by atoms with E-state index in [1.54, 1.807) is 23.5 Å². The lowest BCUT2D eigenvalue weighted by atomic mass is 10.2. The Morgan fingerprint density at radius 3 is 2.50 bits per heavy atom. The molecule has 1 atom stereocenters. The van der Waals surface area contributed by atoms with E-state index in [2.05, 4.69) is 24.8 Å². The topological polar surface area (TPSA) is 32.7 Å². The molecule has 1 aromatic carbocycles. The molecule has 0 saturated heterocycles. The highest BCUT2D eigenvalue weighted by Gasteiger charge is 2.14. The first-order valence-corrected chi connectivity index (χ1v) is 9.16. The molecule has 0 aliphatic carbocycles. The minimum atomic E-state index is -0.538. The Morgan fingerprint density at radius 2 is 1.88 bits per heavy atom. The lowest BCUT2D eigenvalue weighted by Crippen LogP contribution is -2.34. The summed E-state index contributed by atoms with van der Waals surface area (Å²) in [6, 6.07) is 10.6. The van der Waals surface area contributed by atoms with Crippen LogP contribution in [0.3, 0.4) is 0 Å². The average molecular weight is 351 g/mol. The Kier molecular flexibility index (Phi) is 7.85. The third kappa shape index (κ3) is 7.09. The van der Waals surface area contributed by atoms with Gasteiger partial charge in [0.2, 0.25) is 0 Å². The largest absolute Gasteiger partial charge is 0.389 e. The van der Waals surface area contributed by atoms with Crippen LogP contribution in [0.25, 0.3) is 0 Å². The molecule has 0 amide bonds. The molecule has 0 bridgehead atoms. The molecule has 1 N–H and O–H groups in total. The molecule has 0 aliphatic heterocycles. The van der Waals surface area contributed by atoms with Gasteiger partial charge in [-0.3, -0.25) is 4.90 Å². The fourth-order valence-electron chi connectivity index (χ4n) is 2.45. The maximum absolute atomic E-state index is 13.1. The van der Waals surface area contributed by atoms with E-state index >= 15 is 0 Å². The molecule has 0 fully saturated rings. The second kappa shape index (κ2) is 9.89. The number of hydrogen-bond donors (Lipinski definition) is 1. The maximum atomic E-state index is 13.1. The number of thiophene rings is 1. The van der Waals surface area contributed by atoms with Crippen molar-refractivity contribution in [1.82, 2.24) is 4.90 Å². The van der Waals surface area contributed by atoms with Gasteiger partial charge in [0.05, 0.1) is 12.7 Å². The molecule has 5 heteroatoms. The van der Waals surface area contributed by atoms with Crippen molar-refractivity contribution < 1.29 is 14.2 Å². The van der Waals surface area contributed by atoms with Crippen LogP contribution in [0.2, 0.25) is 0 Å². The predicted octanol–water partition coefficient (Wildman–Crippen LogP) is 3.92. The number of benzene rings is 1. The first kappa shape index (κ1) is 19.1. The summed E-state index contributed by atoms with van der Waals surface area (Å²) in [5.74, 6) is 0.226. The van der Waals surface area contributed by atoms with Gasteiger partial charge in [-0.15, -0.1) is 11.3 Å². The first-order valence-electron chi connectivity index (χ1n) is 8.28. The van der Waals surface area contributed by atoms with Gasteiger partial charge in [0.1, 0.15) is 5.82 Å². The Morgan fingerprint density at radius 1 is 1.12 bits per heavy atom. The van der Waals surface area contributed by atoms with Gasteiger partial charge in [-0.25, -0.2) is 4.39 Å². The molecule has 1 heterocycles. The number of hydrogen-bond acceptors (Lipinski definition) is 4. The molecule has 1 unspecified atom stereocenters. The van der Waals surface area contributed by atoms with E-state index in [9.17, 15) is 9.50 Å². The number of aliphatic hydroxyl groups excluding tert-OH is 1. The van der Waals surface area contributed by atoms with Crippen LogP contribution in [0.4, 0.5) is 4.39 Å². The number of nitrogens with zero attached hydrogens (tertiary/aromatic N) is 1. The van der Waals surface area contributed by atoms with Crippen LogP contribution in [-0.4, -0.2) is 35.9 Å². The van der Waals surface area contributed by atoms with Crippen molar-refractivity contribution in [3.8, 4) is 0 Å². The molecule has 2 aromatic rings. The van der Waals surface area contributed by atoms with E-state index in [4.69, 9.17) is 4.74 Å². The molecule has 24 heavy (non-hydrogen) atoms. The van der Waals surface area contributed by atoms with Crippen molar-refractivity contribution in [3.05, 3.63) is 58.0 Å². The van der Waals surface area contributed by atoms with Crippen LogP contribution in [0, 0.1) is 11.7 Å². The predicted molar refractivity (Wildman–Crippen MR) is 96.5 cm³/mol. The third-order valence-corrected chi connectivity index (χ3v) is 4.37. The molecule has 132 valence electrons. The lowest BCUT2D eigenvalue weighted by Gasteiger charge is -2.25. The number of ether oxygens (including phenoxy) is 1. The molecule has 0 radical (unpaired) electrons. The molecule has 0 aliphatic rings. The second-order valence-electron chi connectivity index (χ2n) is 6.46. The molecule has 1 aromatic heterocycles. The molecule has 3 nitrogen and oxygen atoms in total. The summed E-state index contributed by atoms with van der Waals surface area (Å²) in [7, 11) is 0. The highest BCUT2D eigenvalue weighted by atomic mass is 32.1. The van der Waals surface area contributed by atoms with Gasteiger partial charge < -0.3 is 9.84 Å². The van der Waals surface area contributed by atoms with E-state index in [-0.39, 0.29) is 5.82 Å². The van der Waals surface area contributed by atoms with E-state index in [0.717, 1.165) is 12.1 Å². The van der Waals surface area contributed by atoms with Crippen molar-refractivity contribution in [2.45, 2.75) is 33.0 Å². The standard InChI is InChI=1S/C19H26FNO2S/c1-15(2)13-23-14-18(22)11-21(12-19-4-3-9-24-19)10-16-5-7-17(20)8-6-16/h3-9,15,18,22H,10-14H2,1-2H3. The van der Waals surface area contributed by atoms with Gasteiger partial charge in [-0.05, 0) is 35.1 Å². The summed E-state index contributed by atoms with van der Waals surface area (Å²) < 4.78 is 18.6. The Balaban J connectivity index is 1.93. The Bertz CT molecular complexity index is 572. The van der Waals surface area contributed by atoms with E-state index in [1.807, 2.05) is 11.4 Å². The van der Waals surface area contributed by atoms with Crippen molar-refractivity contribution in [2.24, 2.45) is 5.92 Å². The lowest BCUT2D eigenvalue weighted by molar-refractivity contribution is 0.00569. The molecule has 0 spiro atoms. The van der Waals surface area contributed by atoms with E-state index in [0.29, 0.717) is 32.2 Å². The third-order valence-electron chi connectivity index (χ3n) is 3.51. The van der Waals surface area contributed by atoms with Crippen LogP contribution >= 0.6 is 11.3 Å². The van der Waals surface area contributed by atoms with Crippen LogP contribution in [0.15, 0.2) is 41.8 Å². The van der Waals surface area contributed by atoms with E-state index < -0.39 is 6.10 Å². The summed E-state index contributed by atoms with van der Waals surface area (Å²) >= 11 is 1.70. The second-order valence-corrected chi connectivity index (χ2v) is 7.49. The van der Waals surface area contributed by atoms with Gasteiger partial charge in [0.15, 0.2) is 0 Å². The quantitative estimate of drug-likeness (QED) is 0.704. The maximum Gasteiger partial charge on any atom is 0.123 e. The minimum absolute atomic E-state index is 0.231. The summed E-state index contributed by atoms with van der Waals surface area (Å²) in [5.41, 5.74) is 1.03. The van der Waals surface area contributed by atoms with Crippen molar-refractivity contribution >= 4 is 11.3 Å². The van der Waals surface area contributed by atoms with Crippen LogP contribution < -0.4 is 0 Å². The molecular weight excluding hydrogens is 325 g/mol. The Hall–Kier alpha value is -1.27. The average Bonchev–Trinajstić information content (AvgIpc) is 3.02. The Labute approximate surface area is 147 Å².